The smallest absolute Gasteiger partial charge is 0.410 e. The number of likely N-dealkylation sites (tertiary alicyclic amines) is 1. The van der Waals surface area contributed by atoms with Gasteiger partial charge in [0.1, 0.15) is 5.60 Å². The van der Waals surface area contributed by atoms with Crippen molar-refractivity contribution in [3.05, 3.63) is 17.5 Å². The van der Waals surface area contributed by atoms with Crippen molar-refractivity contribution in [3.8, 4) is 0 Å². The third-order valence-electron chi connectivity index (χ3n) is 4.30. The van der Waals surface area contributed by atoms with E-state index in [2.05, 4.69) is 15.1 Å². The normalized spacial score (nSPS) is 19.9. The second-order valence-corrected chi connectivity index (χ2v) is 7.19. The maximum absolute atomic E-state index is 12.1. The van der Waals surface area contributed by atoms with Gasteiger partial charge >= 0.3 is 6.09 Å². The molecule has 1 aromatic rings. The van der Waals surface area contributed by atoms with Crippen molar-refractivity contribution in [1.82, 2.24) is 20.0 Å². The Morgan fingerprint density at radius 2 is 2.09 bits per heavy atom. The van der Waals surface area contributed by atoms with E-state index in [0.717, 1.165) is 45.4 Å². The lowest BCUT2D eigenvalue weighted by atomic mass is 10.0. The molecule has 1 fully saturated rings. The lowest BCUT2D eigenvalue weighted by molar-refractivity contribution is 0.0184. The molecule has 2 aliphatic heterocycles. The molecule has 3 rings (SSSR count). The number of hydrogen-bond donors (Lipinski definition) is 1. The summed E-state index contributed by atoms with van der Waals surface area (Å²) in [6.07, 6.45) is 4.72. The van der Waals surface area contributed by atoms with Gasteiger partial charge in [-0.1, -0.05) is 0 Å². The molecule has 0 atom stereocenters. The summed E-state index contributed by atoms with van der Waals surface area (Å²) < 4.78 is 7.65. The molecule has 122 valence electrons. The van der Waals surface area contributed by atoms with Crippen LogP contribution < -0.4 is 5.32 Å². The predicted molar refractivity (Wildman–Crippen MR) is 83.7 cm³/mol. The molecule has 1 N–H and O–H groups in total. The minimum Gasteiger partial charge on any atom is -0.444 e. The molecule has 0 aromatic carbocycles. The van der Waals surface area contributed by atoms with Crippen molar-refractivity contribution in [2.24, 2.45) is 0 Å². The zero-order chi connectivity index (χ0) is 15.7. The van der Waals surface area contributed by atoms with Crippen molar-refractivity contribution in [2.75, 3.05) is 19.6 Å². The first-order valence-electron chi connectivity index (χ1n) is 8.18. The average molecular weight is 306 g/mol. The van der Waals surface area contributed by atoms with E-state index in [4.69, 9.17) is 4.74 Å². The van der Waals surface area contributed by atoms with E-state index in [9.17, 15) is 4.79 Å². The molecular formula is C16H26N4O2. The number of nitrogens with one attached hydrogen (secondary N) is 1. The van der Waals surface area contributed by atoms with Crippen LogP contribution in [0.2, 0.25) is 0 Å². The van der Waals surface area contributed by atoms with Crippen LogP contribution in [0.3, 0.4) is 0 Å². The monoisotopic (exact) mass is 306 g/mol. The van der Waals surface area contributed by atoms with Gasteiger partial charge in [-0.05, 0) is 33.6 Å². The van der Waals surface area contributed by atoms with Crippen LogP contribution in [0.5, 0.6) is 0 Å². The molecule has 0 unspecified atom stereocenters. The lowest BCUT2D eigenvalue weighted by Gasteiger charge is -2.34. The zero-order valence-electron chi connectivity index (χ0n) is 13.8. The third kappa shape index (κ3) is 3.27. The van der Waals surface area contributed by atoms with E-state index < -0.39 is 5.60 Å². The van der Waals surface area contributed by atoms with Gasteiger partial charge < -0.3 is 15.0 Å². The van der Waals surface area contributed by atoms with Gasteiger partial charge in [0.15, 0.2) is 0 Å². The van der Waals surface area contributed by atoms with Crippen LogP contribution in [-0.2, 0) is 17.7 Å². The highest BCUT2D eigenvalue weighted by Crippen LogP contribution is 2.26. The van der Waals surface area contributed by atoms with E-state index in [1.165, 1.54) is 11.3 Å². The van der Waals surface area contributed by atoms with Crippen LogP contribution >= 0.6 is 0 Å². The second-order valence-electron chi connectivity index (χ2n) is 7.19. The predicted octanol–water partition coefficient (Wildman–Crippen LogP) is 2.10. The molecule has 22 heavy (non-hydrogen) atoms. The standard InChI is InChI=1S/C16H26N4O2/c1-16(2,3)22-15(21)19-8-5-13(6-9-19)20-14-4-7-17-10-12(14)11-18-20/h11,13,17H,4-10H2,1-3H3. The van der Waals surface area contributed by atoms with Gasteiger partial charge in [0.2, 0.25) is 0 Å². The first-order valence-corrected chi connectivity index (χ1v) is 8.18. The van der Waals surface area contributed by atoms with E-state index in [-0.39, 0.29) is 6.09 Å². The van der Waals surface area contributed by atoms with E-state index in [0.29, 0.717) is 6.04 Å². The summed E-state index contributed by atoms with van der Waals surface area (Å²) in [6.45, 7) is 9.14. The zero-order valence-corrected chi connectivity index (χ0v) is 13.8. The highest BCUT2D eigenvalue weighted by atomic mass is 16.6. The van der Waals surface area contributed by atoms with Gasteiger partial charge in [-0.25, -0.2) is 4.79 Å². The molecule has 6 nitrogen and oxygen atoms in total. The number of fused-ring (bicyclic) bond motifs is 1. The number of rotatable bonds is 1. The van der Waals surface area contributed by atoms with Crippen LogP contribution in [0.4, 0.5) is 4.79 Å². The van der Waals surface area contributed by atoms with Crippen LogP contribution in [0.1, 0.15) is 50.9 Å². The molecule has 0 radical (unpaired) electrons. The number of piperidine rings is 1. The Hall–Kier alpha value is -1.56. The molecule has 1 aromatic heterocycles. The lowest BCUT2D eigenvalue weighted by Crippen LogP contribution is -2.42. The number of ether oxygens (including phenoxy) is 1. The van der Waals surface area contributed by atoms with Crippen molar-refractivity contribution in [2.45, 2.75) is 58.2 Å². The summed E-state index contributed by atoms with van der Waals surface area (Å²) >= 11 is 0. The number of carbonyl (C=O) groups excluding carboxylic acids is 1. The van der Waals surface area contributed by atoms with Gasteiger partial charge in [-0.3, -0.25) is 4.68 Å². The molecule has 3 heterocycles. The Bertz CT molecular complexity index is 539. The molecule has 0 bridgehead atoms. The summed E-state index contributed by atoms with van der Waals surface area (Å²) in [5, 5.41) is 7.97. The van der Waals surface area contributed by atoms with Crippen molar-refractivity contribution < 1.29 is 9.53 Å². The highest BCUT2D eigenvalue weighted by molar-refractivity contribution is 5.68. The molecule has 1 saturated heterocycles. The van der Waals surface area contributed by atoms with E-state index in [1.54, 1.807) is 0 Å². The first-order chi connectivity index (χ1) is 10.4. The van der Waals surface area contributed by atoms with Crippen LogP contribution in [0.25, 0.3) is 0 Å². The van der Waals surface area contributed by atoms with Crippen molar-refractivity contribution >= 4 is 6.09 Å². The molecule has 1 amide bonds. The Labute approximate surface area is 131 Å². The Kier molecular flexibility index (Phi) is 4.12. The van der Waals surface area contributed by atoms with Crippen LogP contribution in [0, 0.1) is 0 Å². The Morgan fingerprint density at radius 1 is 1.36 bits per heavy atom. The molecular weight excluding hydrogens is 280 g/mol. The first kappa shape index (κ1) is 15.3. The summed E-state index contributed by atoms with van der Waals surface area (Å²) in [5.74, 6) is 0. The number of amides is 1. The Balaban J connectivity index is 1.60. The molecule has 2 aliphatic rings. The van der Waals surface area contributed by atoms with Gasteiger partial charge in [0.25, 0.3) is 0 Å². The fourth-order valence-electron chi connectivity index (χ4n) is 3.21. The summed E-state index contributed by atoms with van der Waals surface area (Å²) in [7, 11) is 0. The average Bonchev–Trinajstić information content (AvgIpc) is 2.89. The number of hydrogen-bond acceptors (Lipinski definition) is 4. The summed E-state index contributed by atoms with van der Waals surface area (Å²) in [4.78, 5) is 13.9. The van der Waals surface area contributed by atoms with E-state index >= 15 is 0 Å². The van der Waals surface area contributed by atoms with Gasteiger partial charge in [0.05, 0.1) is 12.2 Å². The largest absolute Gasteiger partial charge is 0.444 e. The van der Waals surface area contributed by atoms with Crippen molar-refractivity contribution in [1.29, 1.82) is 0 Å². The van der Waals surface area contributed by atoms with E-state index in [1.807, 2.05) is 31.9 Å². The minimum atomic E-state index is -0.429. The topological polar surface area (TPSA) is 59.4 Å². The Morgan fingerprint density at radius 3 is 2.77 bits per heavy atom. The minimum absolute atomic E-state index is 0.197. The molecule has 0 aliphatic carbocycles. The van der Waals surface area contributed by atoms with Crippen LogP contribution in [0.15, 0.2) is 6.20 Å². The fraction of sp³-hybridized carbons (Fsp3) is 0.750. The maximum Gasteiger partial charge on any atom is 0.410 e. The molecule has 0 spiro atoms. The third-order valence-corrected chi connectivity index (χ3v) is 4.30. The van der Waals surface area contributed by atoms with Gasteiger partial charge in [0, 0.05) is 43.9 Å². The SMILES string of the molecule is CC(C)(C)OC(=O)N1CCC(n2ncc3c2CCNC3)CC1. The quantitative estimate of drug-likeness (QED) is 0.863. The number of carbonyl (C=O) groups is 1. The highest BCUT2D eigenvalue weighted by Gasteiger charge is 2.29. The van der Waals surface area contributed by atoms with Gasteiger partial charge in [-0.2, -0.15) is 5.10 Å². The number of aromatic nitrogens is 2. The fourth-order valence-corrected chi connectivity index (χ4v) is 3.21. The number of nitrogens with zero attached hydrogens (tertiary/aromatic N) is 3. The second kappa shape index (κ2) is 5.91. The van der Waals surface area contributed by atoms with Gasteiger partial charge in [-0.15, -0.1) is 0 Å². The van der Waals surface area contributed by atoms with Crippen LogP contribution in [-0.4, -0.2) is 46.0 Å². The summed E-state index contributed by atoms with van der Waals surface area (Å²) in [6, 6.07) is 0.403. The van der Waals surface area contributed by atoms with Crippen molar-refractivity contribution in [3.63, 3.8) is 0 Å². The molecule has 0 saturated carbocycles. The molecule has 6 heteroatoms. The maximum atomic E-state index is 12.1. The summed E-state index contributed by atoms with van der Waals surface area (Å²) in [5.41, 5.74) is 2.26.